The van der Waals surface area contributed by atoms with Gasteiger partial charge >= 0.3 is 0 Å². The first kappa shape index (κ1) is 5.41. The first-order valence-electron chi connectivity index (χ1n) is 1.87. The van der Waals surface area contributed by atoms with Crippen molar-refractivity contribution in [1.29, 1.82) is 0 Å². The summed E-state index contributed by atoms with van der Waals surface area (Å²) in [5.41, 5.74) is 0.984. The van der Waals surface area contributed by atoms with Crippen LogP contribution >= 0.6 is 0 Å². The van der Waals surface area contributed by atoms with Crippen molar-refractivity contribution in [3.63, 3.8) is 0 Å². The Kier molecular flexibility index (Phi) is 2.38. The van der Waals surface area contributed by atoms with Gasteiger partial charge in [0.1, 0.15) is 0 Å². The molecule has 0 fully saturated rings. The van der Waals surface area contributed by atoms with Gasteiger partial charge < -0.3 is 0 Å². The minimum absolute atomic E-state index is 0.611. The third-order valence-electron chi connectivity index (χ3n) is 0.440. The molecule has 1 nitrogen and oxygen atoms in total. The van der Waals surface area contributed by atoms with Crippen LogP contribution in [-0.2, 0) is 0 Å². The third kappa shape index (κ3) is 3.41. The summed E-state index contributed by atoms with van der Waals surface area (Å²) in [5, 5.41) is 0. The fraction of sp³-hybridized carbons (Fsp3) is 0.400. The van der Waals surface area contributed by atoms with Crippen molar-refractivity contribution >= 4 is 6.29 Å². The second-order valence-corrected chi connectivity index (χ2v) is 1.34. The topological polar surface area (TPSA) is 21.4 Å². The van der Waals surface area contributed by atoms with Gasteiger partial charge in [-0.25, -0.2) is 0 Å². The maximum Gasteiger partial charge on any atom is 0.285 e. The fourth-order valence-electron chi connectivity index (χ4n) is 0.156. The van der Waals surface area contributed by atoms with E-state index in [-0.39, 0.29) is 0 Å². The normalized spacial score (nSPS) is 7.50. The lowest BCUT2D eigenvalue weighted by atomic mass is 10.3. The predicted molar refractivity (Wildman–Crippen MR) is 27.4 cm³/mol. The van der Waals surface area contributed by atoms with Crippen LogP contribution in [-0.4, -0.2) is 11.1 Å². The molecule has 0 aliphatic carbocycles. The molecule has 0 amide bonds. The predicted octanol–water partition coefficient (Wildman–Crippen LogP) is 1.13. The lowest BCUT2D eigenvalue weighted by Crippen LogP contribution is -1.71. The van der Waals surface area contributed by atoms with Crippen molar-refractivity contribution in [3.8, 4) is 0 Å². The van der Waals surface area contributed by atoms with E-state index in [0.717, 1.165) is 11.9 Å². The highest BCUT2D eigenvalue weighted by molar-refractivity contribution is 5.54. The monoisotopic (exact) mass is 85.1 g/mol. The van der Waals surface area contributed by atoms with Gasteiger partial charge in [-0.1, -0.05) is 12.2 Å². The fourth-order valence-corrected chi connectivity index (χ4v) is 0.156. The van der Waals surface area contributed by atoms with Gasteiger partial charge in [-0.05, 0) is 6.92 Å². The van der Waals surface area contributed by atoms with Crippen LogP contribution in [0, 0.1) is 0 Å². The van der Waals surface area contributed by atoms with Gasteiger partial charge in [0.2, 0.25) is 0 Å². The van der Waals surface area contributed by atoms with Gasteiger partial charge in [0, 0.05) is 0 Å². The van der Waals surface area contributed by atoms with Crippen molar-refractivity contribution in [3.05, 3.63) is 12.2 Å². The summed E-state index contributed by atoms with van der Waals surface area (Å²) in [6.45, 7) is 5.42. The van der Waals surface area contributed by atoms with Crippen molar-refractivity contribution in [2.45, 2.75) is 13.3 Å². The number of aldehydes is 1. The summed E-state index contributed by atoms with van der Waals surface area (Å²) in [6.07, 6.45) is 1.71. The largest absolute Gasteiger partial charge is 0.286 e. The van der Waals surface area contributed by atoms with E-state index in [4.69, 9.17) is 4.79 Å². The van der Waals surface area contributed by atoms with Gasteiger partial charge in [0.25, 0.3) is 6.29 Å². The minimum Gasteiger partial charge on any atom is -0.286 e. The van der Waals surface area contributed by atoms with E-state index < -0.39 is 0 Å². The third-order valence-corrected chi connectivity index (χ3v) is 0.440. The Balaban J connectivity index is 3.05. The Morgan fingerprint density at radius 2 is 2.50 bits per heavy atom. The zero-order chi connectivity index (χ0) is 4.99. The molecular weight excluding hydrogens is 76.1 g/mol. The van der Waals surface area contributed by atoms with Crippen molar-refractivity contribution in [2.24, 2.45) is 0 Å². The second kappa shape index (κ2) is 2.64. The molecule has 0 aromatic rings. The molecule has 0 aromatic carbocycles. The van der Waals surface area contributed by atoms with Crippen molar-refractivity contribution in [1.82, 2.24) is 0 Å². The van der Waals surface area contributed by atoms with Crippen LogP contribution in [0.2, 0.25) is 0 Å². The number of allylic oxidation sites excluding steroid dienone is 1. The molecule has 1 heteroatoms. The number of hydrogen-bond acceptors (Lipinski definition) is 0. The van der Waals surface area contributed by atoms with Crippen LogP contribution in [0.15, 0.2) is 12.2 Å². The van der Waals surface area contributed by atoms with Crippen LogP contribution in [0.5, 0.6) is 0 Å². The molecule has 0 atom stereocenters. The highest BCUT2D eigenvalue weighted by atomic mass is 16.1. The maximum atomic E-state index is 8.05. The highest BCUT2D eigenvalue weighted by Crippen LogP contribution is 1.87. The smallest absolute Gasteiger partial charge is 0.285 e. The summed E-state index contributed by atoms with van der Waals surface area (Å²) in [6, 6.07) is 0. The first-order valence-corrected chi connectivity index (χ1v) is 1.87. The molecule has 0 spiro atoms. The molecule has 0 aliphatic heterocycles. The molecule has 0 saturated heterocycles. The van der Waals surface area contributed by atoms with Crippen LogP contribution in [0.1, 0.15) is 13.3 Å². The van der Waals surface area contributed by atoms with E-state index in [0.29, 0.717) is 6.42 Å². The average Bonchev–Trinajstić information content (AvgIpc) is 1.35. The van der Waals surface area contributed by atoms with E-state index in [1.165, 1.54) is 0 Å². The van der Waals surface area contributed by atoms with E-state index in [2.05, 4.69) is 6.58 Å². The summed E-state index contributed by atoms with van der Waals surface area (Å²) in [5.74, 6) is 0. The SMILES string of the molecule is C=C(C)CC=[OH+]. The molecule has 0 aliphatic rings. The molecular formula is C5H9O+. The lowest BCUT2D eigenvalue weighted by molar-refractivity contribution is 0.684. The second-order valence-electron chi connectivity index (χ2n) is 1.34. The molecule has 0 saturated carbocycles. The molecule has 0 radical (unpaired) electrons. The molecule has 34 valence electrons. The van der Waals surface area contributed by atoms with E-state index >= 15 is 0 Å². The van der Waals surface area contributed by atoms with Crippen molar-refractivity contribution < 1.29 is 4.79 Å². The Hall–Kier alpha value is -0.590. The van der Waals surface area contributed by atoms with Gasteiger partial charge in [-0.2, -0.15) is 0 Å². The molecule has 0 aromatic heterocycles. The minimum atomic E-state index is 0.611. The summed E-state index contributed by atoms with van der Waals surface area (Å²) < 4.78 is 0. The van der Waals surface area contributed by atoms with E-state index in [1.807, 2.05) is 6.92 Å². The number of hydrogen-bond donors (Lipinski definition) is 0. The van der Waals surface area contributed by atoms with Crippen LogP contribution in [0.4, 0.5) is 0 Å². The lowest BCUT2D eigenvalue weighted by Gasteiger charge is -1.76. The standard InChI is InChI=1S/C5H8O/c1-5(2)3-4-6/h4H,1,3H2,2H3/p+1. The zero-order valence-corrected chi connectivity index (χ0v) is 3.94. The number of rotatable bonds is 2. The zero-order valence-electron chi connectivity index (χ0n) is 3.94. The van der Waals surface area contributed by atoms with Crippen molar-refractivity contribution in [2.75, 3.05) is 0 Å². The molecule has 6 heavy (non-hydrogen) atoms. The summed E-state index contributed by atoms with van der Waals surface area (Å²) >= 11 is 0. The van der Waals surface area contributed by atoms with Gasteiger partial charge in [0.15, 0.2) is 0 Å². The molecule has 0 rings (SSSR count). The maximum absolute atomic E-state index is 8.05. The number of carbonyl (C=O) groups excluding carboxylic acids is 1. The Morgan fingerprint density at radius 1 is 2.00 bits per heavy atom. The molecule has 0 heterocycles. The highest BCUT2D eigenvalue weighted by Gasteiger charge is 1.80. The van der Waals surface area contributed by atoms with Gasteiger partial charge in [0.05, 0.1) is 6.42 Å². The Bertz CT molecular complexity index is 64.3. The molecule has 0 unspecified atom stereocenters. The van der Waals surface area contributed by atoms with Gasteiger partial charge in [-0.3, -0.25) is 4.79 Å². The van der Waals surface area contributed by atoms with E-state index in [1.54, 1.807) is 0 Å². The Morgan fingerprint density at radius 3 is 2.50 bits per heavy atom. The van der Waals surface area contributed by atoms with Crippen LogP contribution in [0.3, 0.4) is 0 Å². The molecule has 1 N–H and O–H groups in total. The molecule has 0 bridgehead atoms. The van der Waals surface area contributed by atoms with Gasteiger partial charge in [-0.15, -0.1) is 0 Å². The Labute approximate surface area is 37.7 Å². The average molecular weight is 85.1 g/mol. The van der Waals surface area contributed by atoms with Crippen LogP contribution in [0.25, 0.3) is 0 Å². The summed E-state index contributed by atoms with van der Waals surface area (Å²) in [4.78, 5) is 8.05. The van der Waals surface area contributed by atoms with E-state index in [9.17, 15) is 0 Å². The first-order chi connectivity index (χ1) is 2.77. The quantitative estimate of drug-likeness (QED) is 0.272. The van der Waals surface area contributed by atoms with Crippen LogP contribution < -0.4 is 0 Å². The summed E-state index contributed by atoms with van der Waals surface area (Å²) in [7, 11) is 0.